The number of esters is 1. The van der Waals surface area contributed by atoms with Crippen LogP contribution >= 0.6 is 11.3 Å². The third-order valence-corrected chi connectivity index (χ3v) is 6.23. The number of thiazole rings is 1. The molecule has 1 aliphatic heterocycles. The summed E-state index contributed by atoms with van der Waals surface area (Å²) in [5.41, 5.74) is 3.29. The summed E-state index contributed by atoms with van der Waals surface area (Å²) in [4.78, 5) is 31.5. The Balaban J connectivity index is 1.48. The largest absolute Gasteiger partial charge is 0.479 e. The molecule has 3 aromatic rings. The SMILES string of the molecule is COCCc1nc(-c2ccc3c(c2)N(CC(=O)OCCc2ccccc2)C(=O)C(C)O3)cs1. The lowest BCUT2D eigenvalue weighted by Gasteiger charge is -2.32. The van der Waals surface area contributed by atoms with Gasteiger partial charge in [-0.1, -0.05) is 30.3 Å². The minimum Gasteiger partial charge on any atom is -0.479 e. The molecule has 0 bridgehead atoms. The number of ether oxygens (including phenoxy) is 3. The number of nitrogens with zero attached hydrogens (tertiary/aromatic N) is 2. The van der Waals surface area contributed by atoms with Crippen LogP contribution in [-0.4, -0.2) is 49.8 Å². The van der Waals surface area contributed by atoms with Crippen LogP contribution in [0.3, 0.4) is 0 Å². The van der Waals surface area contributed by atoms with Crippen LogP contribution < -0.4 is 9.64 Å². The van der Waals surface area contributed by atoms with Crippen molar-refractivity contribution >= 4 is 28.9 Å². The Morgan fingerprint density at radius 1 is 1.15 bits per heavy atom. The maximum absolute atomic E-state index is 12.9. The molecule has 0 fully saturated rings. The molecule has 1 unspecified atom stereocenters. The summed E-state index contributed by atoms with van der Waals surface area (Å²) >= 11 is 1.56. The smallest absolute Gasteiger partial charge is 0.326 e. The normalized spacial score (nSPS) is 15.2. The van der Waals surface area contributed by atoms with E-state index in [-0.39, 0.29) is 19.1 Å². The van der Waals surface area contributed by atoms with Crippen LogP contribution in [0.1, 0.15) is 17.5 Å². The molecule has 1 atom stereocenters. The highest BCUT2D eigenvalue weighted by atomic mass is 32.1. The van der Waals surface area contributed by atoms with Crippen LogP contribution in [0.15, 0.2) is 53.9 Å². The Morgan fingerprint density at radius 3 is 2.76 bits per heavy atom. The molecular weight excluding hydrogens is 440 g/mol. The van der Waals surface area contributed by atoms with E-state index in [9.17, 15) is 9.59 Å². The van der Waals surface area contributed by atoms with Gasteiger partial charge in [0.2, 0.25) is 0 Å². The number of benzene rings is 2. The van der Waals surface area contributed by atoms with Gasteiger partial charge in [0.1, 0.15) is 12.3 Å². The van der Waals surface area contributed by atoms with E-state index in [2.05, 4.69) is 4.98 Å². The first-order valence-electron chi connectivity index (χ1n) is 10.8. The summed E-state index contributed by atoms with van der Waals surface area (Å²) in [6, 6.07) is 15.4. The molecule has 0 saturated heterocycles. The second-order valence-electron chi connectivity index (χ2n) is 7.69. The molecule has 0 N–H and O–H groups in total. The quantitative estimate of drug-likeness (QED) is 0.445. The fourth-order valence-corrected chi connectivity index (χ4v) is 4.37. The van der Waals surface area contributed by atoms with Gasteiger partial charge in [-0.05, 0) is 30.7 Å². The number of rotatable bonds is 9. The molecule has 0 spiro atoms. The predicted octanol–water partition coefficient (Wildman–Crippen LogP) is 3.90. The molecular formula is C25H26N2O5S. The number of carbonyl (C=O) groups is 2. The number of anilines is 1. The summed E-state index contributed by atoms with van der Waals surface area (Å²) < 4.78 is 16.3. The van der Waals surface area contributed by atoms with Crippen molar-refractivity contribution in [2.75, 3.05) is 31.8 Å². The number of fused-ring (bicyclic) bond motifs is 1. The lowest BCUT2D eigenvalue weighted by Crippen LogP contribution is -2.47. The van der Waals surface area contributed by atoms with Gasteiger partial charge in [0.05, 0.1) is 29.6 Å². The van der Waals surface area contributed by atoms with Gasteiger partial charge in [-0.25, -0.2) is 4.98 Å². The molecule has 8 heteroatoms. The summed E-state index contributed by atoms with van der Waals surface area (Å²) in [5.74, 6) is -0.184. The Morgan fingerprint density at radius 2 is 1.97 bits per heavy atom. The highest BCUT2D eigenvalue weighted by Crippen LogP contribution is 2.37. The zero-order valence-electron chi connectivity index (χ0n) is 18.7. The molecule has 0 radical (unpaired) electrons. The van der Waals surface area contributed by atoms with E-state index in [0.29, 0.717) is 24.5 Å². The Hall–Kier alpha value is -3.23. The molecule has 1 aromatic heterocycles. The fourth-order valence-electron chi connectivity index (χ4n) is 3.58. The maximum atomic E-state index is 12.9. The van der Waals surface area contributed by atoms with Gasteiger partial charge in [-0.3, -0.25) is 14.5 Å². The number of hydrogen-bond donors (Lipinski definition) is 0. The average Bonchev–Trinajstić information content (AvgIpc) is 3.30. The van der Waals surface area contributed by atoms with Crippen LogP contribution in [0.4, 0.5) is 5.69 Å². The molecule has 172 valence electrons. The van der Waals surface area contributed by atoms with Crippen LogP contribution in [0.2, 0.25) is 0 Å². The van der Waals surface area contributed by atoms with E-state index >= 15 is 0 Å². The highest BCUT2D eigenvalue weighted by molar-refractivity contribution is 7.09. The first-order chi connectivity index (χ1) is 16.0. The van der Waals surface area contributed by atoms with Gasteiger partial charge in [0, 0.05) is 30.9 Å². The highest BCUT2D eigenvalue weighted by Gasteiger charge is 2.33. The van der Waals surface area contributed by atoms with Crippen LogP contribution in [-0.2, 0) is 31.9 Å². The minimum absolute atomic E-state index is 0.173. The topological polar surface area (TPSA) is 78.0 Å². The van der Waals surface area contributed by atoms with Gasteiger partial charge in [0.15, 0.2) is 6.10 Å². The minimum atomic E-state index is -0.680. The monoisotopic (exact) mass is 466 g/mol. The predicted molar refractivity (Wildman–Crippen MR) is 127 cm³/mol. The number of methoxy groups -OCH3 is 1. The maximum Gasteiger partial charge on any atom is 0.326 e. The van der Waals surface area contributed by atoms with E-state index < -0.39 is 12.1 Å². The third kappa shape index (κ3) is 5.58. The van der Waals surface area contributed by atoms with E-state index in [1.165, 1.54) is 4.90 Å². The zero-order chi connectivity index (χ0) is 23.2. The van der Waals surface area contributed by atoms with Crippen molar-refractivity contribution in [1.82, 2.24) is 4.98 Å². The molecule has 2 heterocycles. The van der Waals surface area contributed by atoms with Gasteiger partial charge < -0.3 is 14.2 Å². The van der Waals surface area contributed by atoms with E-state index in [4.69, 9.17) is 14.2 Å². The Labute approximate surface area is 196 Å². The first-order valence-corrected chi connectivity index (χ1v) is 11.7. The third-order valence-electron chi connectivity index (χ3n) is 5.32. The standard InChI is InChI=1S/C25H26N2O5S/c1-17-25(29)27(15-24(28)31-13-10-18-6-4-3-5-7-18)21-14-19(8-9-22(21)32-17)20-16-33-23(26-20)11-12-30-2/h3-9,14,16-17H,10-13,15H2,1-2H3. The number of carbonyl (C=O) groups excluding carboxylic acids is 2. The molecule has 7 nitrogen and oxygen atoms in total. The van der Waals surface area contributed by atoms with E-state index in [1.54, 1.807) is 25.4 Å². The number of hydrogen-bond acceptors (Lipinski definition) is 7. The summed E-state index contributed by atoms with van der Waals surface area (Å²) in [5, 5.41) is 2.95. The average molecular weight is 467 g/mol. The molecule has 2 aromatic carbocycles. The molecule has 1 aliphatic rings. The van der Waals surface area contributed by atoms with Crippen molar-refractivity contribution in [1.29, 1.82) is 0 Å². The van der Waals surface area contributed by atoms with Crippen molar-refractivity contribution in [3.63, 3.8) is 0 Å². The van der Waals surface area contributed by atoms with Gasteiger partial charge >= 0.3 is 5.97 Å². The van der Waals surface area contributed by atoms with Crippen molar-refractivity contribution in [2.45, 2.75) is 25.9 Å². The van der Waals surface area contributed by atoms with Crippen LogP contribution in [0.25, 0.3) is 11.3 Å². The lowest BCUT2D eigenvalue weighted by molar-refractivity contribution is -0.143. The summed E-state index contributed by atoms with van der Waals surface area (Å²) in [7, 11) is 1.66. The molecule has 33 heavy (non-hydrogen) atoms. The second-order valence-corrected chi connectivity index (χ2v) is 8.63. The number of aromatic nitrogens is 1. The van der Waals surface area contributed by atoms with Crippen LogP contribution in [0.5, 0.6) is 5.75 Å². The first kappa shape index (κ1) is 22.9. The lowest BCUT2D eigenvalue weighted by atomic mass is 10.1. The van der Waals surface area contributed by atoms with Crippen molar-refractivity contribution in [3.05, 3.63) is 64.5 Å². The van der Waals surface area contributed by atoms with Crippen molar-refractivity contribution in [3.8, 4) is 17.0 Å². The zero-order valence-corrected chi connectivity index (χ0v) is 19.5. The van der Waals surface area contributed by atoms with Crippen molar-refractivity contribution < 1.29 is 23.8 Å². The Kier molecular flexibility index (Phi) is 7.36. The molecule has 4 rings (SSSR count). The van der Waals surface area contributed by atoms with Gasteiger partial charge in [0.25, 0.3) is 5.91 Å². The van der Waals surface area contributed by atoms with E-state index in [0.717, 1.165) is 28.2 Å². The number of amides is 1. The fraction of sp³-hybridized carbons (Fsp3) is 0.320. The summed E-state index contributed by atoms with van der Waals surface area (Å²) in [6.45, 7) is 2.37. The van der Waals surface area contributed by atoms with Crippen LogP contribution in [0, 0.1) is 0 Å². The van der Waals surface area contributed by atoms with Gasteiger partial charge in [-0.15, -0.1) is 11.3 Å². The second kappa shape index (κ2) is 10.6. The summed E-state index contributed by atoms with van der Waals surface area (Å²) in [6.07, 6.45) is 0.683. The van der Waals surface area contributed by atoms with Gasteiger partial charge in [-0.2, -0.15) is 0 Å². The molecule has 1 amide bonds. The van der Waals surface area contributed by atoms with E-state index in [1.807, 2.05) is 53.9 Å². The van der Waals surface area contributed by atoms with Crippen molar-refractivity contribution in [2.24, 2.45) is 0 Å². The molecule has 0 aliphatic carbocycles. The molecule has 0 saturated carbocycles. The Bertz CT molecular complexity index is 1110.